The molecule has 0 aliphatic carbocycles. The predicted octanol–water partition coefficient (Wildman–Crippen LogP) is 4.16. The summed E-state index contributed by atoms with van der Waals surface area (Å²) in [6, 6.07) is 20.3. The molecule has 5 heteroatoms. The van der Waals surface area contributed by atoms with E-state index in [1.165, 1.54) is 5.56 Å². The summed E-state index contributed by atoms with van der Waals surface area (Å²) in [5.74, 6) is -0.205. The Balaban J connectivity index is 1.48. The molecule has 138 valence electrons. The zero-order valence-corrected chi connectivity index (χ0v) is 15.8. The summed E-state index contributed by atoms with van der Waals surface area (Å²) in [5, 5.41) is 13.5. The second kappa shape index (κ2) is 7.34. The number of nitriles is 1. The Morgan fingerprint density at radius 2 is 1.74 bits per heavy atom. The molecular weight excluding hydrogens is 358 g/mol. The third kappa shape index (κ3) is 3.71. The molecule has 4 rings (SSSR count). The van der Waals surface area contributed by atoms with E-state index in [9.17, 15) is 10.1 Å². The number of carbonyl (C=O) groups is 1. The lowest BCUT2D eigenvalue weighted by Crippen LogP contribution is -2.58. The smallest absolute Gasteiger partial charge is 0.252 e. The van der Waals surface area contributed by atoms with Crippen molar-refractivity contribution >= 4 is 17.5 Å². The van der Waals surface area contributed by atoms with Crippen LogP contribution in [0.15, 0.2) is 54.6 Å². The van der Waals surface area contributed by atoms with Gasteiger partial charge < -0.3 is 5.32 Å². The van der Waals surface area contributed by atoms with Crippen molar-refractivity contribution in [2.24, 2.45) is 0 Å². The molecule has 27 heavy (non-hydrogen) atoms. The van der Waals surface area contributed by atoms with Crippen molar-refractivity contribution in [3.63, 3.8) is 0 Å². The van der Waals surface area contributed by atoms with Gasteiger partial charge in [-0.2, -0.15) is 5.26 Å². The van der Waals surface area contributed by atoms with Gasteiger partial charge >= 0.3 is 0 Å². The fourth-order valence-electron chi connectivity index (χ4n) is 4.51. The molecule has 1 unspecified atom stereocenters. The Hall–Kier alpha value is -2.35. The number of nitrogens with zero attached hydrogens (tertiary/aromatic N) is 2. The van der Waals surface area contributed by atoms with Crippen LogP contribution in [0.1, 0.15) is 41.6 Å². The van der Waals surface area contributed by atoms with Crippen molar-refractivity contribution in [1.29, 1.82) is 5.26 Å². The van der Waals surface area contributed by atoms with Gasteiger partial charge in [-0.25, -0.2) is 0 Å². The molecule has 0 spiro atoms. The lowest BCUT2D eigenvalue weighted by Gasteiger charge is -2.43. The molecule has 2 aromatic carbocycles. The second-order valence-corrected chi connectivity index (χ2v) is 8.04. The van der Waals surface area contributed by atoms with Gasteiger partial charge in [0.1, 0.15) is 5.54 Å². The maximum absolute atomic E-state index is 12.7. The standard InChI is InChI=1S/C22H22ClN3O/c23-18-8-6-17(7-9-18)21(27)25-22(15-24)12-19-10-11-20(13-22)26(19)14-16-4-2-1-3-5-16/h1-9,19-20H,10-14H2,(H,25,27)/t19-,20+,22?. The number of benzene rings is 2. The fraction of sp³-hybridized carbons (Fsp3) is 0.364. The Labute approximate surface area is 164 Å². The van der Waals surface area contributed by atoms with Gasteiger partial charge in [-0.15, -0.1) is 0 Å². The van der Waals surface area contributed by atoms with E-state index in [4.69, 9.17) is 11.6 Å². The monoisotopic (exact) mass is 379 g/mol. The maximum Gasteiger partial charge on any atom is 0.252 e. The van der Waals surface area contributed by atoms with E-state index in [1.807, 2.05) is 6.07 Å². The van der Waals surface area contributed by atoms with Gasteiger partial charge in [0.2, 0.25) is 0 Å². The summed E-state index contributed by atoms with van der Waals surface area (Å²) in [5.41, 5.74) is 1.03. The highest BCUT2D eigenvalue weighted by Gasteiger charge is 2.49. The maximum atomic E-state index is 12.7. The summed E-state index contributed by atoms with van der Waals surface area (Å²) >= 11 is 5.90. The van der Waals surface area contributed by atoms with Crippen LogP contribution in [0.5, 0.6) is 0 Å². The Morgan fingerprint density at radius 1 is 1.11 bits per heavy atom. The lowest BCUT2D eigenvalue weighted by atomic mass is 9.83. The Bertz CT molecular complexity index is 845. The Morgan fingerprint density at radius 3 is 2.33 bits per heavy atom. The molecule has 0 aromatic heterocycles. The van der Waals surface area contributed by atoms with Gasteiger partial charge in [-0.1, -0.05) is 41.9 Å². The molecule has 0 radical (unpaired) electrons. The van der Waals surface area contributed by atoms with Gasteiger partial charge in [0, 0.05) is 29.2 Å². The van der Waals surface area contributed by atoms with Gasteiger partial charge in [-0.3, -0.25) is 9.69 Å². The minimum Gasteiger partial charge on any atom is -0.334 e. The van der Waals surface area contributed by atoms with Gasteiger partial charge in [0.15, 0.2) is 0 Å². The van der Waals surface area contributed by atoms with E-state index in [-0.39, 0.29) is 5.91 Å². The highest BCUT2D eigenvalue weighted by Crippen LogP contribution is 2.41. The molecule has 4 nitrogen and oxygen atoms in total. The van der Waals surface area contributed by atoms with Gasteiger partial charge in [-0.05, 0) is 55.5 Å². The first kappa shape index (κ1) is 18.0. The van der Waals surface area contributed by atoms with Crippen LogP contribution >= 0.6 is 11.6 Å². The average Bonchev–Trinajstić information content (AvgIpc) is 2.93. The number of halogens is 1. The first-order valence-electron chi connectivity index (χ1n) is 9.38. The summed E-state index contributed by atoms with van der Waals surface area (Å²) in [6.07, 6.45) is 3.51. The third-order valence-corrected chi connectivity index (χ3v) is 6.07. The van der Waals surface area contributed by atoms with Crippen LogP contribution in [0.4, 0.5) is 0 Å². The van der Waals surface area contributed by atoms with E-state index in [0.717, 1.165) is 19.4 Å². The van der Waals surface area contributed by atoms with Crippen LogP contribution in [0.25, 0.3) is 0 Å². The van der Waals surface area contributed by atoms with Crippen molar-refractivity contribution in [3.8, 4) is 6.07 Å². The molecular formula is C22H22ClN3O. The highest BCUT2D eigenvalue weighted by molar-refractivity contribution is 6.30. The SMILES string of the molecule is N#CC1(NC(=O)c2ccc(Cl)cc2)C[C@H]2CC[C@@H](C1)N2Cc1ccccc1. The highest BCUT2D eigenvalue weighted by atomic mass is 35.5. The molecule has 1 N–H and O–H groups in total. The number of hydrogen-bond acceptors (Lipinski definition) is 3. The second-order valence-electron chi connectivity index (χ2n) is 7.61. The molecule has 2 bridgehead atoms. The normalized spacial score (nSPS) is 27.1. The first-order chi connectivity index (χ1) is 13.1. The van der Waals surface area contributed by atoms with Crippen molar-refractivity contribution in [2.75, 3.05) is 0 Å². The Kier molecular flexibility index (Phi) is 4.90. The topological polar surface area (TPSA) is 56.1 Å². The van der Waals surface area contributed by atoms with Crippen molar-refractivity contribution in [1.82, 2.24) is 10.2 Å². The quantitative estimate of drug-likeness (QED) is 0.867. The van der Waals surface area contributed by atoms with E-state index in [2.05, 4.69) is 40.6 Å². The molecule has 2 fully saturated rings. The fourth-order valence-corrected chi connectivity index (χ4v) is 4.63. The minimum atomic E-state index is -0.796. The van der Waals surface area contributed by atoms with Crippen molar-refractivity contribution in [2.45, 2.75) is 49.9 Å². The molecule has 3 atom stereocenters. The summed E-state index contributed by atoms with van der Waals surface area (Å²) in [7, 11) is 0. The average molecular weight is 380 g/mol. The van der Waals surface area contributed by atoms with E-state index in [1.54, 1.807) is 24.3 Å². The van der Waals surface area contributed by atoms with Crippen LogP contribution in [0, 0.1) is 11.3 Å². The number of rotatable bonds is 4. The van der Waals surface area contributed by atoms with E-state index >= 15 is 0 Å². The van der Waals surface area contributed by atoms with E-state index in [0.29, 0.717) is 35.5 Å². The van der Waals surface area contributed by atoms with Crippen LogP contribution in [-0.4, -0.2) is 28.4 Å². The predicted molar refractivity (Wildman–Crippen MR) is 105 cm³/mol. The number of nitrogens with one attached hydrogen (secondary N) is 1. The van der Waals surface area contributed by atoms with Crippen LogP contribution in [-0.2, 0) is 6.54 Å². The van der Waals surface area contributed by atoms with Gasteiger partial charge in [0.25, 0.3) is 5.91 Å². The van der Waals surface area contributed by atoms with Gasteiger partial charge in [0.05, 0.1) is 6.07 Å². The van der Waals surface area contributed by atoms with E-state index < -0.39 is 5.54 Å². The van der Waals surface area contributed by atoms with Crippen molar-refractivity contribution in [3.05, 3.63) is 70.7 Å². The molecule has 0 saturated carbocycles. The summed E-state index contributed by atoms with van der Waals surface area (Å²) in [6.45, 7) is 0.906. The van der Waals surface area contributed by atoms with Crippen LogP contribution in [0.3, 0.4) is 0 Å². The molecule has 2 aromatic rings. The van der Waals surface area contributed by atoms with Crippen LogP contribution in [0.2, 0.25) is 5.02 Å². The number of piperidine rings is 1. The third-order valence-electron chi connectivity index (χ3n) is 5.82. The molecule has 1 amide bonds. The minimum absolute atomic E-state index is 0.205. The summed E-state index contributed by atoms with van der Waals surface area (Å²) in [4.78, 5) is 15.2. The largest absolute Gasteiger partial charge is 0.334 e. The number of carbonyl (C=O) groups excluding carboxylic acids is 1. The number of hydrogen-bond donors (Lipinski definition) is 1. The number of amides is 1. The summed E-state index contributed by atoms with van der Waals surface area (Å²) < 4.78 is 0. The zero-order chi connectivity index (χ0) is 18.9. The lowest BCUT2D eigenvalue weighted by molar-refractivity contribution is 0.0702. The van der Waals surface area contributed by atoms with Crippen LogP contribution < -0.4 is 5.32 Å². The van der Waals surface area contributed by atoms with Crippen molar-refractivity contribution < 1.29 is 4.79 Å². The first-order valence-corrected chi connectivity index (χ1v) is 9.75. The molecule has 2 saturated heterocycles. The molecule has 2 aliphatic heterocycles. The zero-order valence-electron chi connectivity index (χ0n) is 15.1. The molecule has 2 aliphatic rings. The number of fused-ring (bicyclic) bond motifs is 2. The molecule has 2 heterocycles.